The van der Waals surface area contributed by atoms with Gasteiger partial charge >= 0.3 is 0 Å². The quantitative estimate of drug-likeness (QED) is 0.287. The van der Waals surface area contributed by atoms with Crippen LogP contribution in [0, 0.1) is 0 Å². The molecule has 4 N–H and O–H groups in total. The lowest BCUT2D eigenvalue weighted by Crippen LogP contribution is -2.76. The zero-order chi connectivity index (χ0) is 32.8. The van der Waals surface area contributed by atoms with E-state index < -0.39 is 34.2 Å². The molecule has 4 aliphatic carbocycles. The second-order valence-corrected chi connectivity index (χ2v) is 15.4. The lowest BCUT2D eigenvalue weighted by Gasteiger charge is -2.63. The number of hydrogen-bond acceptors (Lipinski definition) is 10. The first-order valence-corrected chi connectivity index (χ1v) is 17.5. The molecule has 2 aromatic carbocycles. The maximum absolute atomic E-state index is 12.7. The van der Waals surface area contributed by atoms with Crippen LogP contribution in [0.25, 0.3) is 0 Å². The Morgan fingerprint density at radius 3 is 1.56 bits per heavy atom. The summed E-state index contributed by atoms with van der Waals surface area (Å²) in [6.45, 7) is 10.9. The van der Waals surface area contributed by atoms with Crippen LogP contribution in [-0.4, -0.2) is 103 Å². The summed E-state index contributed by atoms with van der Waals surface area (Å²) in [4.78, 5) is 4.68. The van der Waals surface area contributed by atoms with E-state index in [2.05, 4.69) is 23.0 Å². The van der Waals surface area contributed by atoms with Gasteiger partial charge in [-0.3, -0.25) is 9.80 Å². The third-order valence-electron chi connectivity index (χ3n) is 13.8. The molecule has 4 aliphatic heterocycles. The molecule has 10 heteroatoms. The Balaban J connectivity index is 1.08. The molecule has 48 heavy (non-hydrogen) atoms. The van der Waals surface area contributed by atoms with Crippen LogP contribution in [0.15, 0.2) is 59.8 Å². The highest BCUT2D eigenvalue weighted by atomic mass is 16.5. The Morgan fingerprint density at radius 2 is 1.15 bits per heavy atom. The van der Waals surface area contributed by atoms with E-state index in [4.69, 9.17) is 19.7 Å². The summed E-state index contributed by atoms with van der Waals surface area (Å²) in [6.07, 6.45) is 7.42. The van der Waals surface area contributed by atoms with Crippen LogP contribution >= 0.6 is 0 Å². The van der Waals surface area contributed by atoms with E-state index >= 15 is 0 Å². The molecule has 0 aromatic heterocycles. The normalized spacial score (nSPS) is 41.4. The van der Waals surface area contributed by atoms with Gasteiger partial charge in [-0.1, -0.05) is 24.3 Å². The van der Waals surface area contributed by atoms with Crippen LogP contribution in [-0.2, 0) is 23.7 Å². The van der Waals surface area contributed by atoms with Crippen molar-refractivity contribution in [1.82, 2.24) is 9.80 Å². The molecule has 4 fully saturated rings. The van der Waals surface area contributed by atoms with Crippen molar-refractivity contribution < 1.29 is 29.9 Å². The van der Waals surface area contributed by atoms with Gasteiger partial charge in [0.1, 0.15) is 0 Å². The second kappa shape index (κ2) is 9.50. The molecule has 0 amide bonds. The number of aliphatic hydroxyl groups is 2. The van der Waals surface area contributed by atoms with Crippen molar-refractivity contribution in [3.8, 4) is 23.0 Å². The first kappa shape index (κ1) is 29.2. The molecule has 2 spiro atoms. The van der Waals surface area contributed by atoms with Gasteiger partial charge in [-0.15, -0.1) is 13.2 Å². The Kier molecular flexibility index (Phi) is 5.79. The van der Waals surface area contributed by atoms with Gasteiger partial charge in [0.2, 0.25) is 0 Å². The van der Waals surface area contributed by atoms with E-state index in [1.54, 1.807) is 12.1 Å². The molecule has 0 unspecified atom stereocenters. The summed E-state index contributed by atoms with van der Waals surface area (Å²) in [6, 6.07) is 7.18. The minimum Gasteiger partial charge on any atom is -0.504 e. The van der Waals surface area contributed by atoms with Gasteiger partial charge in [0.05, 0.1) is 33.5 Å². The van der Waals surface area contributed by atoms with Crippen LogP contribution in [0.4, 0.5) is 0 Å². The fourth-order valence-corrected chi connectivity index (χ4v) is 12.0. The maximum atomic E-state index is 12.7. The van der Waals surface area contributed by atoms with Gasteiger partial charge in [-0.25, -0.2) is 0 Å². The number of nitrogens with zero attached hydrogens (tertiary/aromatic N) is 4. The Bertz CT molecular complexity index is 1740. The Hall–Kier alpha value is -3.70. The van der Waals surface area contributed by atoms with Crippen LogP contribution in [0.1, 0.15) is 60.8 Å². The van der Waals surface area contributed by atoms with Crippen molar-refractivity contribution in [2.24, 2.45) is 10.2 Å². The Morgan fingerprint density at radius 1 is 0.708 bits per heavy atom. The van der Waals surface area contributed by atoms with Crippen LogP contribution in [0.2, 0.25) is 0 Å². The molecule has 4 heterocycles. The van der Waals surface area contributed by atoms with E-state index in [0.29, 0.717) is 76.0 Å². The number of rotatable bonds is 5. The average Bonchev–Trinajstić information content (AvgIpc) is 3.61. The molecule has 2 aromatic rings. The summed E-state index contributed by atoms with van der Waals surface area (Å²) >= 11 is 0. The fraction of sp³-hybridized carbons (Fsp3) is 0.526. The first-order chi connectivity index (χ1) is 23.2. The number of phenols is 2. The molecular weight excluding hydrogens is 608 g/mol. The molecule has 4 bridgehead atoms. The smallest absolute Gasteiger partial charge is 0.166 e. The second-order valence-electron chi connectivity index (χ2n) is 15.4. The summed E-state index contributed by atoms with van der Waals surface area (Å²) in [5.74, 6) is 1.11. The monoisotopic (exact) mass is 650 g/mol. The van der Waals surface area contributed by atoms with Gasteiger partial charge in [0.15, 0.2) is 35.2 Å². The lowest BCUT2D eigenvalue weighted by molar-refractivity contribution is -0.164. The highest BCUT2D eigenvalue weighted by Gasteiger charge is 2.74. The minimum atomic E-state index is -1.06. The highest BCUT2D eigenvalue weighted by Crippen LogP contribution is 2.66. The molecule has 2 saturated heterocycles. The van der Waals surface area contributed by atoms with Crippen molar-refractivity contribution in [3.63, 3.8) is 0 Å². The summed E-state index contributed by atoms with van der Waals surface area (Å²) in [7, 11) is 0. The van der Waals surface area contributed by atoms with Gasteiger partial charge in [0.25, 0.3) is 0 Å². The molecule has 2 saturated carbocycles. The van der Waals surface area contributed by atoms with Crippen LogP contribution in [0.5, 0.6) is 23.0 Å². The molecule has 0 radical (unpaired) electrons. The van der Waals surface area contributed by atoms with Crippen molar-refractivity contribution in [2.45, 2.75) is 97.7 Å². The first-order valence-electron chi connectivity index (χ1n) is 17.5. The molecule has 8 aliphatic rings. The number of piperidine rings is 2. The van der Waals surface area contributed by atoms with E-state index in [0.717, 1.165) is 46.8 Å². The molecule has 250 valence electrons. The zero-order valence-corrected chi connectivity index (χ0v) is 27.1. The third kappa shape index (κ3) is 3.15. The van der Waals surface area contributed by atoms with E-state index in [9.17, 15) is 20.4 Å². The number of aromatic hydroxyl groups is 2. The predicted octanol–water partition coefficient (Wildman–Crippen LogP) is 3.28. The SMILES string of the molecule is C=CCN1CC[C@]23c4c5ccc(O)c4O[C@@H]2/C(=N\N=C2/CC[C@@]4(O)[C@H]6Cc7ccc(O)c8c7[C@@]4(CCN6CC=C)[C@@H]2O8)CC[C@@]3(O)[C@H]1C5. The fourth-order valence-electron chi connectivity index (χ4n) is 12.0. The Labute approximate surface area is 279 Å². The van der Waals surface area contributed by atoms with Crippen molar-refractivity contribution in [1.29, 1.82) is 0 Å². The molecule has 10 rings (SSSR count). The number of likely N-dealkylation sites (tertiary alicyclic amines) is 2. The van der Waals surface area contributed by atoms with E-state index in [1.807, 2.05) is 24.3 Å². The lowest BCUT2D eigenvalue weighted by atomic mass is 9.48. The minimum absolute atomic E-state index is 0.0885. The number of phenolic OH excluding ortho intramolecular Hbond substituents is 2. The molecule has 8 atom stereocenters. The number of hydrogen-bond donors (Lipinski definition) is 4. The highest BCUT2D eigenvalue weighted by molar-refractivity contribution is 5.97. The summed E-state index contributed by atoms with van der Waals surface area (Å²) in [5, 5.41) is 57.4. The van der Waals surface area contributed by atoms with Crippen LogP contribution < -0.4 is 9.47 Å². The number of ether oxygens (including phenoxy) is 2. The maximum Gasteiger partial charge on any atom is 0.166 e. The predicted molar refractivity (Wildman–Crippen MR) is 179 cm³/mol. The van der Waals surface area contributed by atoms with Crippen molar-refractivity contribution >= 4 is 11.4 Å². The van der Waals surface area contributed by atoms with Crippen LogP contribution in [0.3, 0.4) is 0 Å². The van der Waals surface area contributed by atoms with E-state index in [1.165, 1.54) is 0 Å². The van der Waals surface area contributed by atoms with E-state index in [-0.39, 0.29) is 23.6 Å². The van der Waals surface area contributed by atoms with Gasteiger partial charge in [0, 0.05) is 49.4 Å². The van der Waals surface area contributed by atoms with Gasteiger partial charge in [-0.2, -0.15) is 10.2 Å². The molecular formula is C38H42N4O6. The molecule has 10 nitrogen and oxygen atoms in total. The summed E-state index contributed by atoms with van der Waals surface area (Å²) in [5.41, 5.74) is 1.99. The van der Waals surface area contributed by atoms with Crippen molar-refractivity contribution in [2.75, 3.05) is 26.2 Å². The number of benzene rings is 2. The third-order valence-corrected chi connectivity index (χ3v) is 13.8. The summed E-state index contributed by atoms with van der Waals surface area (Å²) < 4.78 is 13.3. The van der Waals surface area contributed by atoms with Gasteiger partial charge < -0.3 is 29.9 Å². The zero-order valence-electron chi connectivity index (χ0n) is 27.1. The average molecular weight is 651 g/mol. The van der Waals surface area contributed by atoms with Gasteiger partial charge in [-0.05, 0) is 74.6 Å². The largest absolute Gasteiger partial charge is 0.504 e. The topological polar surface area (TPSA) is 131 Å². The van der Waals surface area contributed by atoms with Crippen molar-refractivity contribution in [3.05, 3.63) is 71.8 Å². The standard InChI is InChI=1S/C38H42N4O6/c1-3-15-41-17-13-35-29-21-5-7-25(43)31(29)47-33(35)23(9-11-37(35,45)27(41)19-21)39-40-24-10-12-38(46)28-20-22-6-8-26(44)32-30(22)36(38,34(24)48-32)14-18-42(28)16-4-2/h3-8,27-28,33-34,43-46H,1-2,9-20H2/b39-23-,40-24+/t27-,28-,33-,34-,35+,36+,37-,38-/m1/s1.